The molecule has 1 heterocycles. The topological polar surface area (TPSA) is 78.5 Å². The Morgan fingerprint density at radius 3 is 2.36 bits per heavy atom. The van der Waals surface area contributed by atoms with E-state index >= 15 is 0 Å². The Kier molecular flexibility index (Phi) is 6.09. The average Bonchev–Trinajstić information content (AvgIpc) is 3.21. The van der Waals surface area contributed by atoms with Gasteiger partial charge in [-0.2, -0.15) is 0 Å². The predicted molar refractivity (Wildman–Crippen MR) is 110 cm³/mol. The molecule has 0 radical (unpaired) electrons. The van der Waals surface area contributed by atoms with Crippen LogP contribution in [0.3, 0.4) is 0 Å². The lowest BCUT2D eigenvalue weighted by molar-refractivity contribution is -0.114. The number of Topliss-reactive ketones (excluding diaryl/α,β-unsaturated/α-hetero) is 1. The molecule has 0 aromatic heterocycles. The van der Waals surface area contributed by atoms with E-state index in [2.05, 4.69) is 10.6 Å². The molecule has 1 fully saturated rings. The molecule has 146 valence electrons. The Bertz CT molecular complexity index is 902. The molecule has 0 spiro atoms. The van der Waals surface area contributed by atoms with Gasteiger partial charge in [-0.1, -0.05) is 24.3 Å². The summed E-state index contributed by atoms with van der Waals surface area (Å²) in [6.45, 7) is 4.92. The minimum Gasteiger partial charge on any atom is -0.375 e. The SMILES string of the molecule is CC(=O)c1ccccc1NC(=O)CNc1c(C)cccc1C(=O)N1CCCC1. The van der Waals surface area contributed by atoms with Gasteiger partial charge in [0.25, 0.3) is 5.91 Å². The van der Waals surface area contributed by atoms with Crippen molar-refractivity contribution in [2.45, 2.75) is 26.7 Å². The molecule has 0 aliphatic carbocycles. The first-order chi connectivity index (χ1) is 13.5. The fraction of sp³-hybridized carbons (Fsp3) is 0.318. The van der Waals surface area contributed by atoms with E-state index in [1.807, 2.05) is 24.0 Å². The fourth-order valence-corrected chi connectivity index (χ4v) is 3.43. The maximum Gasteiger partial charge on any atom is 0.255 e. The third kappa shape index (κ3) is 4.39. The number of carbonyl (C=O) groups excluding carboxylic acids is 3. The second kappa shape index (κ2) is 8.69. The first kappa shape index (κ1) is 19.6. The molecule has 2 aromatic rings. The van der Waals surface area contributed by atoms with Gasteiger partial charge in [0.1, 0.15) is 0 Å². The summed E-state index contributed by atoms with van der Waals surface area (Å²) in [7, 11) is 0. The summed E-state index contributed by atoms with van der Waals surface area (Å²) in [5.74, 6) is -0.399. The van der Waals surface area contributed by atoms with Crippen molar-refractivity contribution in [3.63, 3.8) is 0 Å². The smallest absolute Gasteiger partial charge is 0.255 e. The first-order valence-corrected chi connectivity index (χ1v) is 9.50. The van der Waals surface area contributed by atoms with Gasteiger partial charge in [-0.15, -0.1) is 0 Å². The van der Waals surface area contributed by atoms with Crippen molar-refractivity contribution in [3.05, 3.63) is 59.2 Å². The second-order valence-electron chi connectivity index (χ2n) is 7.00. The van der Waals surface area contributed by atoms with E-state index in [9.17, 15) is 14.4 Å². The van der Waals surface area contributed by atoms with E-state index in [0.717, 1.165) is 31.5 Å². The monoisotopic (exact) mass is 379 g/mol. The van der Waals surface area contributed by atoms with Crippen LogP contribution in [0.2, 0.25) is 0 Å². The molecule has 2 aromatic carbocycles. The van der Waals surface area contributed by atoms with Crippen LogP contribution in [0.4, 0.5) is 11.4 Å². The van der Waals surface area contributed by atoms with Gasteiger partial charge in [-0.3, -0.25) is 14.4 Å². The largest absolute Gasteiger partial charge is 0.375 e. The second-order valence-corrected chi connectivity index (χ2v) is 7.00. The van der Waals surface area contributed by atoms with Crippen LogP contribution in [0.1, 0.15) is 46.0 Å². The van der Waals surface area contributed by atoms with Crippen LogP contribution in [0.15, 0.2) is 42.5 Å². The van der Waals surface area contributed by atoms with Gasteiger partial charge >= 0.3 is 0 Å². The van der Waals surface area contributed by atoms with Crippen LogP contribution in [0.25, 0.3) is 0 Å². The summed E-state index contributed by atoms with van der Waals surface area (Å²) >= 11 is 0. The number of hydrogen-bond acceptors (Lipinski definition) is 4. The molecule has 2 N–H and O–H groups in total. The number of aryl methyl sites for hydroxylation is 1. The lowest BCUT2D eigenvalue weighted by Gasteiger charge is -2.20. The molecule has 0 bridgehead atoms. The highest BCUT2D eigenvalue weighted by atomic mass is 16.2. The van der Waals surface area contributed by atoms with Crippen molar-refractivity contribution in [1.29, 1.82) is 0 Å². The van der Waals surface area contributed by atoms with Crippen molar-refractivity contribution < 1.29 is 14.4 Å². The van der Waals surface area contributed by atoms with Crippen molar-refractivity contribution in [1.82, 2.24) is 4.90 Å². The number of rotatable bonds is 6. The fourth-order valence-electron chi connectivity index (χ4n) is 3.43. The van der Waals surface area contributed by atoms with E-state index in [1.165, 1.54) is 6.92 Å². The Morgan fingerprint density at radius 2 is 1.64 bits per heavy atom. The highest BCUT2D eigenvalue weighted by Crippen LogP contribution is 2.24. The maximum atomic E-state index is 12.8. The number of amides is 2. The Balaban J connectivity index is 1.71. The number of benzene rings is 2. The molecule has 1 saturated heterocycles. The third-order valence-electron chi connectivity index (χ3n) is 4.90. The van der Waals surface area contributed by atoms with Gasteiger partial charge in [0.2, 0.25) is 5.91 Å². The van der Waals surface area contributed by atoms with Crippen molar-refractivity contribution in [2.24, 2.45) is 0 Å². The van der Waals surface area contributed by atoms with Crippen LogP contribution < -0.4 is 10.6 Å². The quantitative estimate of drug-likeness (QED) is 0.753. The molecule has 0 atom stereocenters. The molecule has 0 saturated carbocycles. The highest BCUT2D eigenvalue weighted by Gasteiger charge is 2.22. The number of hydrogen-bond donors (Lipinski definition) is 2. The zero-order valence-electron chi connectivity index (χ0n) is 16.2. The van der Waals surface area contributed by atoms with Crippen LogP contribution in [-0.2, 0) is 4.79 Å². The van der Waals surface area contributed by atoms with Crippen LogP contribution in [0, 0.1) is 6.92 Å². The van der Waals surface area contributed by atoms with E-state index in [-0.39, 0.29) is 24.1 Å². The molecule has 6 nitrogen and oxygen atoms in total. The highest BCUT2D eigenvalue weighted by molar-refractivity contribution is 6.05. The van der Waals surface area contributed by atoms with Gasteiger partial charge in [-0.05, 0) is 50.5 Å². The number of likely N-dealkylation sites (tertiary alicyclic amines) is 1. The number of nitrogens with zero attached hydrogens (tertiary/aromatic N) is 1. The summed E-state index contributed by atoms with van der Waals surface area (Å²) in [5, 5.41) is 5.88. The van der Waals surface area contributed by atoms with Gasteiger partial charge < -0.3 is 15.5 Å². The zero-order chi connectivity index (χ0) is 20.1. The lowest BCUT2D eigenvalue weighted by atomic mass is 10.1. The van der Waals surface area contributed by atoms with Crippen molar-refractivity contribution in [3.8, 4) is 0 Å². The Morgan fingerprint density at radius 1 is 0.964 bits per heavy atom. The number of ketones is 1. The maximum absolute atomic E-state index is 12.8. The van der Waals surface area contributed by atoms with Crippen molar-refractivity contribution in [2.75, 3.05) is 30.3 Å². The first-order valence-electron chi connectivity index (χ1n) is 9.50. The molecule has 2 amide bonds. The standard InChI is InChI=1S/C22H25N3O3/c1-15-8-7-10-18(22(28)25-12-5-6-13-25)21(15)23-14-20(27)24-19-11-4-3-9-17(19)16(2)26/h3-4,7-11,23H,5-6,12-14H2,1-2H3,(H,24,27). The number of para-hydroxylation sites is 2. The molecule has 1 aliphatic rings. The molecular formula is C22H25N3O3. The van der Waals surface area contributed by atoms with Crippen molar-refractivity contribution >= 4 is 29.0 Å². The molecule has 6 heteroatoms. The molecular weight excluding hydrogens is 354 g/mol. The van der Waals surface area contributed by atoms with Gasteiger partial charge in [0.15, 0.2) is 5.78 Å². The number of anilines is 2. The number of carbonyl (C=O) groups is 3. The summed E-state index contributed by atoms with van der Waals surface area (Å²) < 4.78 is 0. The van der Waals surface area contributed by atoms with Crippen LogP contribution in [0.5, 0.6) is 0 Å². The van der Waals surface area contributed by atoms with Gasteiger partial charge in [0.05, 0.1) is 23.5 Å². The molecule has 3 rings (SSSR count). The molecule has 0 unspecified atom stereocenters. The average molecular weight is 379 g/mol. The minimum absolute atomic E-state index is 0.00261. The summed E-state index contributed by atoms with van der Waals surface area (Å²) in [5.41, 5.74) is 3.12. The van der Waals surface area contributed by atoms with Crippen LogP contribution >= 0.6 is 0 Å². The zero-order valence-corrected chi connectivity index (χ0v) is 16.2. The van der Waals surface area contributed by atoms with E-state index < -0.39 is 0 Å². The van der Waals surface area contributed by atoms with E-state index in [4.69, 9.17) is 0 Å². The molecule has 28 heavy (non-hydrogen) atoms. The summed E-state index contributed by atoms with van der Waals surface area (Å²) in [6, 6.07) is 12.5. The van der Waals surface area contributed by atoms with E-state index in [0.29, 0.717) is 22.5 Å². The Labute approximate surface area is 164 Å². The van der Waals surface area contributed by atoms with Gasteiger partial charge in [0, 0.05) is 18.7 Å². The van der Waals surface area contributed by atoms with E-state index in [1.54, 1.807) is 30.3 Å². The van der Waals surface area contributed by atoms with Crippen LogP contribution in [-0.4, -0.2) is 42.1 Å². The third-order valence-corrected chi connectivity index (χ3v) is 4.90. The summed E-state index contributed by atoms with van der Waals surface area (Å²) in [4.78, 5) is 38.8. The lowest BCUT2D eigenvalue weighted by Crippen LogP contribution is -2.29. The molecule has 1 aliphatic heterocycles. The normalized spacial score (nSPS) is 13.3. The minimum atomic E-state index is -0.281. The Hall–Kier alpha value is -3.15. The summed E-state index contributed by atoms with van der Waals surface area (Å²) in [6.07, 6.45) is 2.05. The van der Waals surface area contributed by atoms with Gasteiger partial charge in [-0.25, -0.2) is 0 Å². The predicted octanol–water partition coefficient (Wildman–Crippen LogP) is 3.48. The number of nitrogens with one attached hydrogen (secondary N) is 2.